The fourth-order valence-corrected chi connectivity index (χ4v) is 3.69. The van der Waals surface area contributed by atoms with Crippen LogP contribution in [0.5, 0.6) is 0 Å². The molecule has 0 aliphatic heterocycles. The third-order valence-corrected chi connectivity index (χ3v) is 6.12. The summed E-state index contributed by atoms with van der Waals surface area (Å²) in [5, 5.41) is 8.96. The maximum Gasteiger partial charge on any atom is 0.193 e. The average Bonchev–Trinajstić information content (AvgIpc) is 2.90. The van der Waals surface area contributed by atoms with E-state index in [9.17, 15) is 4.79 Å². The summed E-state index contributed by atoms with van der Waals surface area (Å²) in [4.78, 5) is 12.9. The standard InChI is InChI=1S/C19H19NO.C8H10.C5H12.C2H6/c1-12-8-9-17(15(4)14(12)3)19(21)18-13(2)6-5-7-16(18)10-11-20;1-2-8-6-4-3-5-7-8;1-3-5-4-2;1-2/h5-9H,10H2,1-4H3;3-7H,2H2,1H3;3-5H2,1-2H3;1-2H3. The molecule has 0 bridgehead atoms. The van der Waals surface area contributed by atoms with Gasteiger partial charge < -0.3 is 0 Å². The number of hydrogen-bond donors (Lipinski definition) is 0. The molecule has 0 aliphatic carbocycles. The Kier molecular flexibility index (Phi) is 17.4. The molecule has 0 spiro atoms. The summed E-state index contributed by atoms with van der Waals surface area (Å²) < 4.78 is 0. The normalized spacial score (nSPS) is 9.33. The SMILES string of the molecule is CC.CCCCC.CCc1ccccc1.Cc1ccc(C(=O)c2c(C)cccc2CC#N)c(C)c1C. The first-order valence-corrected chi connectivity index (χ1v) is 13.4. The zero-order chi connectivity index (χ0) is 27.5. The van der Waals surface area contributed by atoms with Gasteiger partial charge >= 0.3 is 0 Å². The van der Waals surface area contributed by atoms with Crippen molar-refractivity contribution in [2.45, 2.75) is 94.4 Å². The van der Waals surface area contributed by atoms with E-state index in [0.29, 0.717) is 5.56 Å². The van der Waals surface area contributed by atoms with Gasteiger partial charge in [-0.15, -0.1) is 0 Å². The highest BCUT2D eigenvalue weighted by atomic mass is 16.1. The van der Waals surface area contributed by atoms with E-state index in [0.717, 1.165) is 34.2 Å². The lowest BCUT2D eigenvalue weighted by atomic mass is 9.89. The Bertz CT molecular complexity index is 1070. The number of nitriles is 1. The molecule has 3 aromatic carbocycles. The lowest BCUT2D eigenvalue weighted by Gasteiger charge is -2.14. The zero-order valence-corrected chi connectivity index (χ0v) is 24.2. The van der Waals surface area contributed by atoms with Crippen molar-refractivity contribution in [2.75, 3.05) is 0 Å². The zero-order valence-electron chi connectivity index (χ0n) is 24.2. The van der Waals surface area contributed by atoms with Crippen LogP contribution >= 0.6 is 0 Å². The average molecular weight is 486 g/mol. The number of benzene rings is 3. The molecule has 3 aromatic rings. The first-order valence-electron chi connectivity index (χ1n) is 13.4. The van der Waals surface area contributed by atoms with E-state index in [1.165, 1.54) is 30.4 Å². The lowest BCUT2D eigenvalue weighted by Crippen LogP contribution is -2.10. The first-order chi connectivity index (χ1) is 17.3. The molecule has 0 N–H and O–H groups in total. The van der Waals surface area contributed by atoms with Crippen LogP contribution in [0.1, 0.15) is 103 Å². The maximum atomic E-state index is 12.9. The van der Waals surface area contributed by atoms with Crippen molar-refractivity contribution in [1.29, 1.82) is 5.26 Å². The molecular weight excluding hydrogens is 438 g/mol. The molecule has 0 atom stereocenters. The van der Waals surface area contributed by atoms with Crippen molar-refractivity contribution in [3.05, 3.63) is 105 Å². The number of nitrogens with zero attached hydrogens (tertiary/aromatic N) is 1. The number of unbranched alkanes of at least 4 members (excludes halogenated alkanes) is 2. The van der Waals surface area contributed by atoms with Crippen LogP contribution in [-0.2, 0) is 12.8 Å². The van der Waals surface area contributed by atoms with Crippen LogP contribution in [0.4, 0.5) is 0 Å². The van der Waals surface area contributed by atoms with E-state index in [4.69, 9.17) is 5.26 Å². The Morgan fingerprint density at radius 1 is 0.750 bits per heavy atom. The second-order valence-electron chi connectivity index (χ2n) is 8.65. The maximum absolute atomic E-state index is 12.9. The fraction of sp³-hybridized carbons (Fsp3) is 0.412. The van der Waals surface area contributed by atoms with E-state index in [1.54, 1.807) is 0 Å². The highest BCUT2D eigenvalue weighted by Crippen LogP contribution is 2.24. The van der Waals surface area contributed by atoms with Gasteiger partial charge in [0.2, 0.25) is 0 Å². The number of ketones is 1. The van der Waals surface area contributed by atoms with E-state index >= 15 is 0 Å². The summed E-state index contributed by atoms with van der Waals surface area (Å²) in [5.41, 5.74) is 7.89. The Morgan fingerprint density at radius 3 is 1.83 bits per heavy atom. The molecule has 0 aliphatic rings. The number of hydrogen-bond acceptors (Lipinski definition) is 2. The van der Waals surface area contributed by atoms with Crippen LogP contribution in [0.15, 0.2) is 60.7 Å². The van der Waals surface area contributed by atoms with Gasteiger partial charge in [-0.05, 0) is 67.5 Å². The Balaban J connectivity index is 0.000000669. The molecular formula is C34H47NO. The van der Waals surface area contributed by atoms with Crippen molar-refractivity contribution in [3.63, 3.8) is 0 Å². The highest BCUT2D eigenvalue weighted by molar-refractivity contribution is 6.12. The second kappa shape index (κ2) is 19.1. The van der Waals surface area contributed by atoms with E-state index in [2.05, 4.69) is 51.1 Å². The van der Waals surface area contributed by atoms with Gasteiger partial charge in [0.15, 0.2) is 5.78 Å². The third-order valence-electron chi connectivity index (χ3n) is 6.12. The Hall–Kier alpha value is -3.18. The molecule has 2 nitrogen and oxygen atoms in total. The van der Waals surface area contributed by atoms with Crippen LogP contribution in [0.3, 0.4) is 0 Å². The van der Waals surface area contributed by atoms with Gasteiger partial charge in [-0.25, -0.2) is 0 Å². The van der Waals surface area contributed by atoms with Crippen LogP contribution < -0.4 is 0 Å². The lowest BCUT2D eigenvalue weighted by molar-refractivity contribution is 0.103. The monoisotopic (exact) mass is 485 g/mol. The summed E-state index contributed by atoms with van der Waals surface area (Å²) in [6.45, 7) is 18.6. The van der Waals surface area contributed by atoms with Gasteiger partial charge in [0.25, 0.3) is 0 Å². The van der Waals surface area contributed by atoms with Crippen molar-refractivity contribution < 1.29 is 4.79 Å². The smallest absolute Gasteiger partial charge is 0.193 e. The van der Waals surface area contributed by atoms with Crippen molar-refractivity contribution >= 4 is 5.78 Å². The minimum absolute atomic E-state index is 0.0129. The molecule has 0 aromatic heterocycles. The van der Waals surface area contributed by atoms with E-state index in [1.807, 2.05) is 77.9 Å². The molecule has 194 valence electrons. The first kappa shape index (κ1) is 32.8. The Labute approximate surface area is 221 Å². The summed E-state index contributed by atoms with van der Waals surface area (Å²) in [6.07, 6.45) is 5.47. The second-order valence-corrected chi connectivity index (χ2v) is 8.65. The van der Waals surface area contributed by atoms with Gasteiger partial charge in [-0.3, -0.25) is 4.79 Å². The van der Waals surface area contributed by atoms with Crippen molar-refractivity contribution in [2.24, 2.45) is 0 Å². The molecule has 0 saturated heterocycles. The topological polar surface area (TPSA) is 40.9 Å². The van der Waals surface area contributed by atoms with Gasteiger partial charge in [-0.1, -0.05) is 115 Å². The van der Waals surface area contributed by atoms with Crippen LogP contribution in [-0.4, -0.2) is 5.78 Å². The third kappa shape index (κ3) is 10.6. The highest BCUT2D eigenvalue weighted by Gasteiger charge is 2.18. The predicted octanol–water partition coefficient (Wildman–Crippen LogP) is 9.69. The van der Waals surface area contributed by atoms with Crippen LogP contribution in [0.2, 0.25) is 0 Å². The molecule has 2 heteroatoms. The molecule has 36 heavy (non-hydrogen) atoms. The van der Waals surface area contributed by atoms with Crippen LogP contribution in [0.25, 0.3) is 0 Å². The minimum atomic E-state index is 0.0129. The predicted molar refractivity (Wildman–Crippen MR) is 157 cm³/mol. The van der Waals surface area contributed by atoms with Gasteiger partial charge in [0.05, 0.1) is 12.5 Å². The van der Waals surface area contributed by atoms with E-state index < -0.39 is 0 Å². The number of carbonyl (C=O) groups excluding carboxylic acids is 1. The summed E-state index contributed by atoms with van der Waals surface area (Å²) in [6, 6.07) is 22.1. The van der Waals surface area contributed by atoms with Crippen LogP contribution in [0, 0.1) is 39.0 Å². The van der Waals surface area contributed by atoms with Gasteiger partial charge in [-0.2, -0.15) is 5.26 Å². The van der Waals surface area contributed by atoms with Gasteiger partial charge in [0.1, 0.15) is 0 Å². The molecule has 0 amide bonds. The number of aryl methyl sites for hydroxylation is 3. The van der Waals surface area contributed by atoms with E-state index in [-0.39, 0.29) is 12.2 Å². The summed E-state index contributed by atoms with van der Waals surface area (Å²) in [7, 11) is 0. The summed E-state index contributed by atoms with van der Waals surface area (Å²) in [5.74, 6) is 0.0129. The van der Waals surface area contributed by atoms with Crippen molar-refractivity contribution in [3.8, 4) is 6.07 Å². The molecule has 3 rings (SSSR count). The molecule has 0 heterocycles. The number of carbonyl (C=O) groups is 1. The molecule has 0 radical (unpaired) electrons. The number of rotatable bonds is 6. The quantitative estimate of drug-likeness (QED) is 0.326. The van der Waals surface area contributed by atoms with Crippen molar-refractivity contribution in [1.82, 2.24) is 0 Å². The molecule has 0 saturated carbocycles. The summed E-state index contributed by atoms with van der Waals surface area (Å²) >= 11 is 0. The fourth-order valence-electron chi connectivity index (χ4n) is 3.69. The Morgan fingerprint density at radius 2 is 1.36 bits per heavy atom. The minimum Gasteiger partial charge on any atom is -0.289 e. The van der Waals surface area contributed by atoms with Gasteiger partial charge in [0, 0.05) is 11.1 Å². The molecule has 0 unspecified atom stereocenters. The largest absolute Gasteiger partial charge is 0.289 e. The molecule has 0 fully saturated rings.